The van der Waals surface area contributed by atoms with Crippen molar-refractivity contribution in [1.82, 2.24) is 20.4 Å². The number of likely N-dealkylation sites (tertiary alicyclic amines) is 2. The molecule has 2 rings (SSSR count). The van der Waals surface area contributed by atoms with Crippen molar-refractivity contribution < 1.29 is 9.53 Å². The summed E-state index contributed by atoms with van der Waals surface area (Å²) in [6, 6.07) is 0.887. The van der Waals surface area contributed by atoms with E-state index >= 15 is 0 Å². The Morgan fingerprint density at radius 1 is 1.19 bits per heavy atom. The van der Waals surface area contributed by atoms with Crippen molar-refractivity contribution in [2.24, 2.45) is 10.9 Å². The quantitative estimate of drug-likeness (QED) is 0.554. The highest BCUT2D eigenvalue weighted by atomic mass is 16.6. The molecular weight excluding hydrogens is 330 g/mol. The Labute approximate surface area is 158 Å². The normalized spacial score (nSPS) is 21.1. The molecule has 0 radical (unpaired) electrons. The number of nitrogens with one attached hydrogen (secondary N) is 2. The number of nitrogens with zero attached hydrogens (tertiary/aromatic N) is 3. The standard InChI is InChI=1S/C19H37N5O2/c1-5-26-19(25)24-12-8-16(9-13-24)22-18(20-4)21-14-17(15(2)3)23-10-6-7-11-23/h15-17H,5-14H2,1-4H3,(H2,20,21,22). The van der Waals surface area contributed by atoms with Gasteiger partial charge in [-0.15, -0.1) is 0 Å². The predicted molar refractivity (Wildman–Crippen MR) is 106 cm³/mol. The number of amides is 1. The second-order valence-corrected chi connectivity index (χ2v) is 7.61. The van der Waals surface area contributed by atoms with E-state index in [4.69, 9.17) is 4.74 Å². The van der Waals surface area contributed by atoms with Crippen molar-refractivity contribution in [3.63, 3.8) is 0 Å². The van der Waals surface area contributed by atoms with E-state index in [1.54, 1.807) is 4.90 Å². The number of piperidine rings is 1. The molecule has 0 bridgehead atoms. The molecule has 2 aliphatic heterocycles. The van der Waals surface area contributed by atoms with Gasteiger partial charge in [0.05, 0.1) is 6.61 Å². The number of guanidine groups is 1. The van der Waals surface area contributed by atoms with Crippen LogP contribution in [-0.2, 0) is 4.74 Å². The summed E-state index contributed by atoms with van der Waals surface area (Å²) in [7, 11) is 1.82. The van der Waals surface area contributed by atoms with E-state index in [1.165, 1.54) is 25.9 Å². The molecule has 0 saturated carbocycles. The molecule has 2 aliphatic rings. The van der Waals surface area contributed by atoms with Gasteiger partial charge < -0.3 is 20.3 Å². The summed E-state index contributed by atoms with van der Waals surface area (Å²) in [5, 5.41) is 7.04. The maximum Gasteiger partial charge on any atom is 0.409 e. The number of aliphatic imine (C=N–C) groups is 1. The van der Waals surface area contributed by atoms with Gasteiger partial charge in [-0.2, -0.15) is 0 Å². The first-order valence-corrected chi connectivity index (χ1v) is 10.2. The molecule has 0 aromatic heterocycles. The van der Waals surface area contributed by atoms with E-state index in [0.717, 1.165) is 38.4 Å². The van der Waals surface area contributed by atoms with Crippen LogP contribution < -0.4 is 10.6 Å². The monoisotopic (exact) mass is 367 g/mol. The lowest BCUT2D eigenvalue weighted by Crippen LogP contribution is -2.52. The molecule has 0 aromatic rings. The minimum Gasteiger partial charge on any atom is -0.450 e. The molecule has 26 heavy (non-hydrogen) atoms. The van der Waals surface area contributed by atoms with Crippen molar-refractivity contribution in [2.45, 2.75) is 58.5 Å². The molecule has 0 spiro atoms. The van der Waals surface area contributed by atoms with E-state index in [0.29, 0.717) is 24.6 Å². The van der Waals surface area contributed by atoms with E-state index in [9.17, 15) is 4.79 Å². The zero-order valence-electron chi connectivity index (χ0n) is 17.0. The van der Waals surface area contributed by atoms with E-state index < -0.39 is 0 Å². The molecule has 1 atom stereocenters. The van der Waals surface area contributed by atoms with Crippen LogP contribution in [0.25, 0.3) is 0 Å². The lowest BCUT2D eigenvalue weighted by molar-refractivity contribution is 0.0963. The lowest BCUT2D eigenvalue weighted by Gasteiger charge is -2.34. The predicted octanol–water partition coefficient (Wildman–Crippen LogP) is 1.89. The molecule has 7 nitrogen and oxygen atoms in total. The minimum atomic E-state index is -0.196. The van der Waals surface area contributed by atoms with Gasteiger partial charge in [-0.05, 0) is 51.6 Å². The summed E-state index contributed by atoms with van der Waals surface area (Å²) in [4.78, 5) is 20.6. The van der Waals surface area contributed by atoms with E-state index in [1.807, 2.05) is 14.0 Å². The Balaban J connectivity index is 1.76. The van der Waals surface area contributed by atoms with Crippen molar-refractivity contribution in [2.75, 3.05) is 46.4 Å². The zero-order valence-corrected chi connectivity index (χ0v) is 17.0. The van der Waals surface area contributed by atoms with Crippen LogP contribution in [0.3, 0.4) is 0 Å². The van der Waals surface area contributed by atoms with Gasteiger partial charge >= 0.3 is 6.09 Å². The van der Waals surface area contributed by atoms with Crippen LogP contribution in [0.15, 0.2) is 4.99 Å². The smallest absolute Gasteiger partial charge is 0.409 e. The molecule has 7 heteroatoms. The Morgan fingerprint density at radius 2 is 1.85 bits per heavy atom. The zero-order chi connectivity index (χ0) is 18.9. The third kappa shape index (κ3) is 6.04. The summed E-state index contributed by atoms with van der Waals surface area (Å²) in [6.07, 6.45) is 4.27. The molecular formula is C19H37N5O2. The SMILES string of the molecule is CCOC(=O)N1CCC(NC(=NC)NCC(C(C)C)N2CCCC2)CC1. The van der Waals surface area contributed by atoms with E-state index in [2.05, 4.69) is 34.4 Å². The van der Waals surface area contributed by atoms with Gasteiger partial charge in [0.25, 0.3) is 0 Å². The second kappa shape index (κ2) is 10.6. The van der Waals surface area contributed by atoms with Gasteiger partial charge in [0.2, 0.25) is 0 Å². The fraction of sp³-hybridized carbons (Fsp3) is 0.895. The topological polar surface area (TPSA) is 69.2 Å². The fourth-order valence-corrected chi connectivity index (χ4v) is 3.87. The molecule has 1 unspecified atom stereocenters. The van der Waals surface area contributed by atoms with Gasteiger partial charge in [0.15, 0.2) is 5.96 Å². The average molecular weight is 368 g/mol. The van der Waals surface area contributed by atoms with Gasteiger partial charge in [-0.25, -0.2) is 4.79 Å². The maximum atomic E-state index is 11.8. The minimum absolute atomic E-state index is 0.196. The van der Waals surface area contributed by atoms with Crippen LogP contribution in [0.5, 0.6) is 0 Å². The number of carbonyl (C=O) groups excluding carboxylic acids is 1. The third-order valence-corrected chi connectivity index (χ3v) is 5.44. The van der Waals surface area contributed by atoms with Crippen LogP contribution in [-0.4, -0.2) is 80.3 Å². The number of ether oxygens (including phenoxy) is 1. The maximum absolute atomic E-state index is 11.8. The van der Waals surface area contributed by atoms with Crippen molar-refractivity contribution in [3.05, 3.63) is 0 Å². The first-order chi connectivity index (χ1) is 12.5. The average Bonchev–Trinajstić information content (AvgIpc) is 3.15. The second-order valence-electron chi connectivity index (χ2n) is 7.61. The molecule has 2 N–H and O–H groups in total. The first kappa shape index (κ1) is 20.8. The first-order valence-electron chi connectivity index (χ1n) is 10.2. The highest BCUT2D eigenvalue weighted by molar-refractivity contribution is 5.80. The molecule has 2 saturated heterocycles. The van der Waals surface area contributed by atoms with Gasteiger partial charge in [0.1, 0.15) is 0 Å². The van der Waals surface area contributed by atoms with Crippen LogP contribution in [0.1, 0.15) is 46.5 Å². The van der Waals surface area contributed by atoms with Crippen molar-refractivity contribution in [1.29, 1.82) is 0 Å². The summed E-state index contributed by atoms with van der Waals surface area (Å²) in [5.74, 6) is 1.48. The Bertz CT molecular complexity index is 455. The summed E-state index contributed by atoms with van der Waals surface area (Å²) in [5.41, 5.74) is 0. The molecule has 2 heterocycles. The molecule has 1 amide bonds. The molecule has 2 fully saturated rings. The molecule has 150 valence electrons. The summed E-state index contributed by atoms with van der Waals surface area (Å²) in [6.45, 7) is 11.7. The van der Waals surface area contributed by atoms with Crippen molar-refractivity contribution in [3.8, 4) is 0 Å². The van der Waals surface area contributed by atoms with Gasteiger partial charge in [0, 0.05) is 38.8 Å². The summed E-state index contributed by atoms with van der Waals surface area (Å²) >= 11 is 0. The number of hydrogen-bond donors (Lipinski definition) is 2. The van der Waals surface area contributed by atoms with Gasteiger partial charge in [-0.3, -0.25) is 9.89 Å². The highest BCUT2D eigenvalue weighted by Crippen LogP contribution is 2.17. The van der Waals surface area contributed by atoms with Crippen LogP contribution >= 0.6 is 0 Å². The lowest BCUT2D eigenvalue weighted by atomic mass is 10.0. The molecule has 0 aromatic carbocycles. The number of hydrogen-bond acceptors (Lipinski definition) is 4. The van der Waals surface area contributed by atoms with Crippen LogP contribution in [0.4, 0.5) is 4.79 Å². The molecule has 0 aliphatic carbocycles. The Morgan fingerprint density at radius 3 is 2.38 bits per heavy atom. The Kier molecular flexibility index (Phi) is 8.48. The van der Waals surface area contributed by atoms with Crippen LogP contribution in [0, 0.1) is 5.92 Å². The van der Waals surface area contributed by atoms with Crippen molar-refractivity contribution >= 4 is 12.1 Å². The Hall–Kier alpha value is -1.50. The fourth-order valence-electron chi connectivity index (χ4n) is 3.87. The highest BCUT2D eigenvalue weighted by Gasteiger charge is 2.26. The number of rotatable bonds is 6. The number of carbonyl (C=O) groups is 1. The van der Waals surface area contributed by atoms with Gasteiger partial charge in [-0.1, -0.05) is 13.8 Å². The third-order valence-electron chi connectivity index (χ3n) is 5.44. The van der Waals surface area contributed by atoms with Crippen LogP contribution in [0.2, 0.25) is 0 Å². The van der Waals surface area contributed by atoms with E-state index in [-0.39, 0.29) is 6.09 Å². The summed E-state index contributed by atoms with van der Waals surface area (Å²) < 4.78 is 5.08. The largest absolute Gasteiger partial charge is 0.450 e.